The lowest BCUT2D eigenvalue weighted by molar-refractivity contribution is 0.102. The summed E-state index contributed by atoms with van der Waals surface area (Å²) in [5.74, 6) is -0.224. The molecule has 2 aromatic rings. The SMILES string of the molecule is Cc1cc(C(=O)Nc2ccc(C#N)cc2Br)ccc1N. The van der Waals surface area contributed by atoms with E-state index in [9.17, 15) is 4.79 Å². The van der Waals surface area contributed by atoms with Crippen LogP contribution in [0.3, 0.4) is 0 Å². The maximum Gasteiger partial charge on any atom is 0.255 e. The molecule has 0 atom stereocenters. The van der Waals surface area contributed by atoms with Crippen molar-refractivity contribution < 1.29 is 4.79 Å². The molecule has 0 spiro atoms. The second-order valence-corrected chi connectivity index (χ2v) is 5.19. The number of carbonyl (C=O) groups excluding carboxylic acids is 1. The third-order valence-electron chi connectivity index (χ3n) is 2.88. The van der Waals surface area contributed by atoms with Crippen molar-refractivity contribution in [1.29, 1.82) is 5.26 Å². The number of nitrogens with zero attached hydrogens (tertiary/aromatic N) is 1. The number of rotatable bonds is 2. The van der Waals surface area contributed by atoms with Crippen LogP contribution in [0, 0.1) is 18.3 Å². The highest BCUT2D eigenvalue weighted by Crippen LogP contribution is 2.24. The first-order chi connectivity index (χ1) is 9.51. The zero-order chi connectivity index (χ0) is 14.7. The van der Waals surface area contributed by atoms with Gasteiger partial charge in [-0.3, -0.25) is 4.79 Å². The Morgan fingerprint density at radius 3 is 2.65 bits per heavy atom. The van der Waals surface area contributed by atoms with Gasteiger partial charge in [-0.05, 0) is 64.8 Å². The van der Waals surface area contributed by atoms with Gasteiger partial charge >= 0.3 is 0 Å². The summed E-state index contributed by atoms with van der Waals surface area (Å²) >= 11 is 3.33. The van der Waals surface area contributed by atoms with Crippen LogP contribution < -0.4 is 11.1 Å². The number of amides is 1. The molecule has 2 aromatic carbocycles. The number of aryl methyl sites for hydroxylation is 1. The Hall–Kier alpha value is -2.32. The molecule has 0 saturated heterocycles. The van der Waals surface area contributed by atoms with Crippen LogP contribution in [-0.4, -0.2) is 5.91 Å². The van der Waals surface area contributed by atoms with Crippen LogP contribution >= 0.6 is 15.9 Å². The monoisotopic (exact) mass is 329 g/mol. The Labute approximate surface area is 125 Å². The molecule has 0 aliphatic carbocycles. The number of nitrogen functional groups attached to an aromatic ring is 1. The minimum absolute atomic E-state index is 0.224. The first-order valence-electron chi connectivity index (χ1n) is 5.88. The molecule has 0 bridgehead atoms. The van der Waals surface area contributed by atoms with Crippen molar-refractivity contribution in [2.24, 2.45) is 0 Å². The van der Waals surface area contributed by atoms with Gasteiger partial charge in [-0.15, -0.1) is 0 Å². The van der Waals surface area contributed by atoms with Crippen LogP contribution in [0.5, 0.6) is 0 Å². The van der Waals surface area contributed by atoms with Crippen LogP contribution in [0.1, 0.15) is 21.5 Å². The number of anilines is 2. The fourth-order valence-electron chi connectivity index (χ4n) is 1.70. The predicted octanol–water partition coefficient (Wildman–Crippen LogP) is 3.46. The summed E-state index contributed by atoms with van der Waals surface area (Å²) in [6.07, 6.45) is 0. The lowest BCUT2D eigenvalue weighted by Crippen LogP contribution is -2.12. The van der Waals surface area contributed by atoms with Crippen LogP contribution in [-0.2, 0) is 0 Å². The molecule has 0 unspecified atom stereocenters. The molecule has 4 nitrogen and oxygen atoms in total. The zero-order valence-corrected chi connectivity index (χ0v) is 12.4. The highest BCUT2D eigenvalue weighted by atomic mass is 79.9. The van der Waals surface area contributed by atoms with Crippen molar-refractivity contribution in [3.8, 4) is 6.07 Å². The molecule has 0 fully saturated rings. The standard InChI is InChI=1S/C15H12BrN3O/c1-9-6-11(3-4-13(9)18)15(20)19-14-5-2-10(8-17)7-12(14)16/h2-7H,18H2,1H3,(H,19,20). The van der Waals surface area contributed by atoms with Crippen molar-refractivity contribution in [2.45, 2.75) is 6.92 Å². The maximum atomic E-state index is 12.1. The van der Waals surface area contributed by atoms with E-state index in [1.807, 2.05) is 13.0 Å². The van der Waals surface area contributed by atoms with Crippen molar-refractivity contribution in [3.63, 3.8) is 0 Å². The molecule has 3 N–H and O–H groups in total. The van der Waals surface area contributed by atoms with Crippen molar-refractivity contribution in [3.05, 3.63) is 57.6 Å². The molecule has 1 amide bonds. The smallest absolute Gasteiger partial charge is 0.255 e. The van der Waals surface area contributed by atoms with E-state index in [1.54, 1.807) is 36.4 Å². The van der Waals surface area contributed by atoms with Gasteiger partial charge in [0.15, 0.2) is 0 Å². The lowest BCUT2D eigenvalue weighted by atomic mass is 10.1. The largest absolute Gasteiger partial charge is 0.399 e. The second kappa shape index (κ2) is 5.76. The third-order valence-corrected chi connectivity index (χ3v) is 3.53. The van der Waals surface area contributed by atoms with E-state index >= 15 is 0 Å². The molecule has 0 saturated carbocycles. The topological polar surface area (TPSA) is 78.9 Å². The van der Waals surface area contributed by atoms with E-state index in [0.29, 0.717) is 27.0 Å². The number of hydrogen-bond donors (Lipinski definition) is 2. The van der Waals surface area contributed by atoms with Gasteiger partial charge in [0.25, 0.3) is 5.91 Å². The van der Waals surface area contributed by atoms with E-state index < -0.39 is 0 Å². The van der Waals surface area contributed by atoms with Gasteiger partial charge in [0, 0.05) is 15.7 Å². The van der Waals surface area contributed by atoms with Gasteiger partial charge in [-0.25, -0.2) is 0 Å². The van der Waals surface area contributed by atoms with Crippen LogP contribution in [0.4, 0.5) is 11.4 Å². The average molecular weight is 330 g/mol. The van der Waals surface area contributed by atoms with Crippen LogP contribution in [0.25, 0.3) is 0 Å². The summed E-state index contributed by atoms with van der Waals surface area (Å²) in [5, 5.41) is 11.6. The molecule has 0 aliphatic heterocycles. The minimum Gasteiger partial charge on any atom is -0.399 e. The number of carbonyl (C=O) groups is 1. The van der Waals surface area contributed by atoms with E-state index in [2.05, 4.69) is 21.2 Å². The molecular formula is C15H12BrN3O. The number of nitriles is 1. The van der Waals surface area contributed by atoms with Gasteiger partial charge in [0.2, 0.25) is 0 Å². The maximum absolute atomic E-state index is 12.1. The van der Waals surface area contributed by atoms with Gasteiger partial charge in [0.1, 0.15) is 0 Å². The number of hydrogen-bond acceptors (Lipinski definition) is 3. The Balaban J connectivity index is 2.23. The highest BCUT2D eigenvalue weighted by Gasteiger charge is 2.09. The van der Waals surface area contributed by atoms with Crippen LogP contribution in [0.15, 0.2) is 40.9 Å². The normalized spacial score (nSPS) is 9.85. The molecule has 100 valence electrons. The molecule has 0 heterocycles. The van der Waals surface area contributed by atoms with Gasteiger partial charge < -0.3 is 11.1 Å². The first-order valence-corrected chi connectivity index (χ1v) is 6.67. The quantitative estimate of drug-likeness (QED) is 0.828. The van der Waals surface area contributed by atoms with Crippen molar-refractivity contribution in [1.82, 2.24) is 0 Å². The van der Waals surface area contributed by atoms with Gasteiger partial charge in [0.05, 0.1) is 17.3 Å². The molecule has 20 heavy (non-hydrogen) atoms. The molecular weight excluding hydrogens is 318 g/mol. The number of halogens is 1. The van der Waals surface area contributed by atoms with E-state index in [0.717, 1.165) is 5.56 Å². The first kappa shape index (κ1) is 14.1. The Kier molecular flexibility index (Phi) is 4.06. The Morgan fingerprint density at radius 2 is 2.05 bits per heavy atom. The predicted molar refractivity (Wildman–Crippen MR) is 82.4 cm³/mol. The summed E-state index contributed by atoms with van der Waals surface area (Å²) in [7, 11) is 0. The number of nitrogens with one attached hydrogen (secondary N) is 1. The number of benzene rings is 2. The molecule has 0 aliphatic rings. The van der Waals surface area contributed by atoms with E-state index in [1.165, 1.54) is 0 Å². The van der Waals surface area contributed by atoms with Gasteiger partial charge in [-0.1, -0.05) is 0 Å². The zero-order valence-electron chi connectivity index (χ0n) is 10.8. The van der Waals surface area contributed by atoms with Gasteiger partial charge in [-0.2, -0.15) is 5.26 Å². The summed E-state index contributed by atoms with van der Waals surface area (Å²) in [4.78, 5) is 12.1. The minimum atomic E-state index is -0.224. The summed E-state index contributed by atoms with van der Waals surface area (Å²) in [6.45, 7) is 1.85. The fraction of sp³-hybridized carbons (Fsp3) is 0.0667. The van der Waals surface area contributed by atoms with Crippen LogP contribution in [0.2, 0.25) is 0 Å². The lowest BCUT2D eigenvalue weighted by Gasteiger charge is -2.09. The Morgan fingerprint density at radius 1 is 1.30 bits per heavy atom. The van der Waals surface area contributed by atoms with Crippen molar-refractivity contribution in [2.75, 3.05) is 11.1 Å². The fourth-order valence-corrected chi connectivity index (χ4v) is 2.18. The summed E-state index contributed by atoms with van der Waals surface area (Å²) in [6, 6.07) is 12.1. The Bertz CT molecular complexity index is 720. The molecule has 0 aromatic heterocycles. The number of nitrogens with two attached hydrogens (primary N) is 1. The molecule has 0 radical (unpaired) electrons. The van der Waals surface area contributed by atoms with E-state index in [4.69, 9.17) is 11.0 Å². The highest BCUT2D eigenvalue weighted by molar-refractivity contribution is 9.10. The van der Waals surface area contributed by atoms with E-state index in [-0.39, 0.29) is 5.91 Å². The second-order valence-electron chi connectivity index (χ2n) is 4.33. The summed E-state index contributed by atoms with van der Waals surface area (Å²) < 4.78 is 0.664. The summed E-state index contributed by atoms with van der Waals surface area (Å²) in [5.41, 5.74) is 8.91. The third kappa shape index (κ3) is 2.98. The molecule has 2 rings (SSSR count). The van der Waals surface area contributed by atoms with Crippen molar-refractivity contribution >= 4 is 33.2 Å². The molecule has 5 heteroatoms. The average Bonchev–Trinajstić information content (AvgIpc) is 2.43.